The molecule has 0 radical (unpaired) electrons. The number of nitrogens with two attached hydrogens (primary N) is 1. The van der Waals surface area contributed by atoms with Crippen molar-refractivity contribution in [2.45, 2.75) is 19.4 Å². The van der Waals surface area contributed by atoms with E-state index in [-0.39, 0.29) is 24.1 Å². The first-order valence-electron chi connectivity index (χ1n) is 6.22. The molecule has 20 heavy (non-hydrogen) atoms. The zero-order valence-corrected chi connectivity index (χ0v) is 12.2. The van der Waals surface area contributed by atoms with Crippen molar-refractivity contribution < 1.29 is 9.90 Å². The van der Waals surface area contributed by atoms with Crippen molar-refractivity contribution in [2.24, 2.45) is 0 Å². The quantitative estimate of drug-likeness (QED) is 0.905. The Kier molecular flexibility index (Phi) is 4.24. The highest BCUT2D eigenvalue weighted by molar-refractivity contribution is 7.13. The van der Waals surface area contributed by atoms with Gasteiger partial charge in [0.1, 0.15) is 5.75 Å². The van der Waals surface area contributed by atoms with Gasteiger partial charge in [0.25, 0.3) is 0 Å². The van der Waals surface area contributed by atoms with Gasteiger partial charge in [-0.25, -0.2) is 4.98 Å². The van der Waals surface area contributed by atoms with Crippen LogP contribution in [0.4, 0.5) is 5.13 Å². The summed E-state index contributed by atoms with van der Waals surface area (Å²) in [6.45, 7) is 1.88. The number of likely N-dealkylation sites (N-methyl/N-ethyl adjacent to an activating group) is 1. The van der Waals surface area contributed by atoms with Gasteiger partial charge in [0.2, 0.25) is 5.91 Å². The molecule has 3 N–H and O–H groups in total. The maximum Gasteiger partial charge on any atom is 0.228 e. The normalized spacial score (nSPS) is 12.1. The second-order valence-electron chi connectivity index (χ2n) is 4.59. The van der Waals surface area contributed by atoms with E-state index in [2.05, 4.69) is 4.98 Å². The smallest absolute Gasteiger partial charge is 0.228 e. The van der Waals surface area contributed by atoms with Gasteiger partial charge < -0.3 is 15.7 Å². The first kappa shape index (κ1) is 14.3. The third-order valence-electron chi connectivity index (χ3n) is 3.26. The maximum atomic E-state index is 12.2. The van der Waals surface area contributed by atoms with Crippen LogP contribution in [0.25, 0.3) is 0 Å². The fourth-order valence-corrected chi connectivity index (χ4v) is 2.51. The van der Waals surface area contributed by atoms with Crippen LogP contribution in [-0.2, 0) is 11.2 Å². The van der Waals surface area contributed by atoms with Crippen LogP contribution in [0, 0.1) is 0 Å². The molecule has 1 aromatic heterocycles. The number of para-hydroxylation sites is 1. The summed E-state index contributed by atoms with van der Waals surface area (Å²) in [6.07, 6.45) is 0.210. The second kappa shape index (κ2) is 5.92. The van der Waals surface area contributed by atoms with Crippen LogP contribution >= 0.6 is 11.3 Å². The molecule has 0 saturated heterocycles. The summed E-state index contributed by atoms with van der Waals surface area (Å²) in [5.74, 6) is 0.128. The number of hydrogen-bond donors (Lipinski definition) is 2. The van der Waals surface area contributed by atoms with Crippen LogP contribution in [0.5, 0.6) is 5.75 Å². The summed E-state index contributed by atoms with van der Waals surface area (Å²) in [6, 6.07) is 6.81. The monoisotopic (exact) mass is 291 g/mol. The van der Waals surface area contributed by atoms with Gasteiger partial charge in [-0.2, -0.15) is 0 Å². The van der Waals surface area contributed by atoms with E-state index in [4.69, 9.17) is 5.73 Å². The van der Waals surface area contributed by atoms with Crippen LogP contribution in [0.1, 0.15) is 24.2 Å². The number of nitrogens with zero attached hydrogens (tertiary/aromatic N) is 2. The largest absolute Gasteiger partial charge is 0.508 e. The van der Waals surface area contributed by atoms with E-state index in [0.717, 1.165) is 5.56 Å². The molecule has 1 heterocycles. The van der Waals surface area contributed by atoms with E-state index in [0.29, 0.717) is 10.8 Å². The number of anilines is 1. The molecule has 0 fully saturated rings. The second-order valence-corrected chi connectivity index (χ2v) is 5.48. The van der Waals surface area contributed by atoms with Gasteiger partial charge in [0.15, 0.2) is 5.13 Å². The number of aromatic nitrogens is 1. The molecule has 106 valence electrons. The first-order valence-corrected chi connectivity index (χ1v) is 7.10. The molecule has 0 spiro atoms. The van der Waals surface area contributed by atoms with Crippen molar-refractivity contribution in [2.75, 3.05) is 12.8 Å². The highest BCUT2D eigenvalue weighted by atomic mass is 32.1. The number of phenols is 1. The SMILES string of the molecule is CC(c1ccccc1O)N(C)C(=O)Cc1csc(N)n1. The van der Waals surface area contributed by atoms with Crippen LogP contribution in [-0.4, -0.2) is 27.9 Å². The lowest BCUT2D eigenvalue weighted by Gasteiger charge is -2.25. The molecule has 2 rings (SSSR count). The van der Waals surface area contributed by atoms with Crippen molar-refractivity contribution in [3.05, 3.63) is 40.9 Å². The first-order chi connectivity index (χ1) is 9.49. The Morgan fingerprint density at radius 2 is 2.20 bits per heavy atom. The van der Waals surface area contributed by atoms with Crippen molar-refractivity contribution in [3.63, 3.8) is 0 Å². The minimum atomic E-state index is -0.209. The molecule has 1 atom stereocenters. The van der Waals surface area contributed by atoms with E-state index in [1.807, 2.05) is 19.1 Å². The molecule has 6 heteroatoms. The number of rotatable bonds is 4. The van der Waals surface area contributed by atoms with Crippen LogP contribution in [0.15, 0.2) is 29.6 Å². The van der Waals surface area contributed by atoms with Gasteiger partial charge in [-0.1, -0.05) is 18.2 Å². The number of phenolic OH excluding ortho intramolecular Hbond substituents is 1. The third kappa shape index (κ3) is 3.08. The fraction of sp³-hybridized carbons (Fsp3) is 0.286. The van der Waals surface area contributed by atoms with E-state index >= 15 is 0 Å². The summed E-state index contributed by atoms with van der Waals surface area (Å²) in [7, 11) is 1.72. The van der Waals surface area contributed by atoms with Gasteiger partial charge in [0, 0.05) is 18.0 Å². The van der Waals surface area contributed by atoms with Gasteiger partial charge >= 0.3 is 0 Å². The standard InChI is InChI=1S/C14H17N3O2S/c1-9(11-5-3-4-6-12(11)18)17(2)13(19)7-10-8-20-14(15)16-10/h3-6,8-9,18H,7H2,1-2H3,(H2,15,16). The minimum absolute atomic E-state index is 0.0638. The zero-order chi connectivity index (χ0) is 14.7. The number of carbonyl (C=O) groups is 1. The molecule has 0 aliphatic rings. The number of amides is 1. The average Bonchev–Trinajstić information content (AvgIpc) is 2.83. The van der Waals surface area contributed by atoms with Crippen molar-refractivity contribution >= 4 is 22.4 Å². The summed E-state index contributed by atoms with van der Waals surface area (Å²) >= 11 is 1.32. The Balaban J connectivity index is 2.08. The lowest BCUT2D eigenvalue weighted by atomic mass is 10.1. The molecule has 0 aliphatic carbocycles. The lowest BCUT2D eigenvalue weighted by molar-refractivity contribution is -0.131. The molecular formula is C14H17N3O2S. The number of aromatic hydroxyl groups is 1. The van der Waals surface area contributed by atoms with Crippen molar-refractivity contribution in [3.8, 4) is 5.75 Å². The van der Waals surface area contributed by atoms with Crippen molar-refractivity contribution in [1.82, 2.24) is 9.88 Å². The van der Waals surface area contributed by atoms with Crippen LogP contribution in [0.2, 0.25) is 0 Å². The summed E-state index contributed by atoms with van der Waals surface area (Å²) in [4.78, 5) is 17.9. The minimum Gasteiger partial charge on any atom is -0.508 e. The molecule has 0 saturated carbocycles. The molecule has 1 unspecified atom stereocenters. The highest BCUT2D eigenvalue weighted by Gasteiger charge is 2.20. The number of benzene rings is 1. The Bertz CT molecular complexity index is 612. The van der Waals surface area contributed by atoms with Gasteiger partial charge in [-0.15, -0.1) is 11.3 Å². The lowest BCUT2D eigenvalue weighted by Crippen LogP contribution is -2.31. The third-order valence-corrected chi connectivity index (χ3v) is 3.99. The molecular weight excluding hydrogens is 274 g/mol. The topological polar surface area (TPSA) is 79.5 Å². The molecule has 5 nitrogen and oxygen atoms in total. The predicted octanol–water partition coefficient (Wildman–Crippen LogP) is 2.19. The highest BCUT2D eigenvalue weighted by Crippen LogP contribution is 2.27. The van der Waals surface area contributed by atoms with Gasteiger partial charge in [0.05, 0.1) is 18.2 Å². The molecule has 2 aromatic rings. The molecule has 1 aromatic carbocycles. The van der Waals surface area contributed by atoms with E-state index in [1.54, 1.807) is 29.5 Å². The Labute approximate surface area is 121 Å². The fourth-order valence-electron chi connectivity index (χ4n) is 1.95. The Morgan fingerprint density at radius 3 is 2.80 bits per heavy atom. The van der Waals surface area contributed by atoms with Crippen LogP contribution < -0.4 is 5.73 Å². The Morgan fingerprint density at radius 1 is 1.50 bits per heavy atom. The van der Waals surface area contributed by atoms with E-state index in [9.17, 15) is 9.90 Å². The zero-order valence-electron chi connectivity index (χ0n) is 11.4. The van der Waals surface area contributed by atoms with Crippen molar-refractivity contribution in [1.29, 1.82) is 0 Å². The molecule has 0 aliphatic heterocycles. The summed E-state index contributed by atoms with van der Waals surface area (Å²) < 4.78 is 0. The van der Waals surface area contributed by atoms with E-state index < -0.39 is 0 Å². The number of hydrogen-bond acceptors (Lipinski definition) is 5. The average molecular weight is 291 g/mol. The van der Waals surface area contributed by atoms with Gasteiger partial charge in [-0.3, -0.25) is 4.79 Å². The summed E-state index contributed by atoms with van der Waals surface area (Å²) in [5, 5.41) is 12.1. The maximum absolute atomic E-state index is 12.2. The molecule has 1 amide bonds. The predicted molar refractivity (Wildman–Crippen MR) is 79.5 cm³/mol. The van der Waals surface area contributed by atoms with E-state index in [1.165, 1.54) is 11.3 Å². The molecule has 0 bridgehead atoms. The number of carbonyl (C=O) groups excluding carboxylic acids is 1. The number of thiazole rings is 1. The Hall–Kier alpha value is -2.08. The summed E-state index contributed by atoms with van der Waals surface area (Å²) in [5.41, 5.74) is 6.95. The van der Waals surface area contributed by atoms with Gasteiger partial charge in [-0.05, 0) is 13.0 Å². The van der Waals surface area contributed by atoms with Crippen LogP contribution in [0.3, 0.4) is 0 Å². The number of nitrogen functional groups attached to an aromatic ring is 1.